The monoisotopic (exact) mass is 527 g/mol. The van der Waals surface area contributed by atoms with Crippen molar-refractivity contribution < 1.29 is 22.7 Å². The van der Waals surface area contributed by atoms with Crippen LogP contribution in [-0.4, -0.2) is 74.9 Å². The zero-order valence-corrected chi connectivity index (χ0v) is 22.3. The van der Waals surface area contributed by atoms with Gasteiger partial charge in [0.15, 0.2) is 5.65 Å². The van der Waals surface area contributed by atoms with Gasteiger partial charge in [-0.15, -0.1) is 0 Å². The number of ether oxygens (including phenoxy) is 2. The van der Waals surface area contributed by atoms with Crippen molar-refractivity contribution in [2.45, 2.75) is 38.6 Å². The number of benzene rings is 1. The smallest absolute Gasteiger partial charge is 0.283 e. The summed E-state index contributed by atoms with van der Waals surface area (Å²) in [6, 6.07) is 9.85. The first-order valence-electron chi connectivity index (χ1n) is 12.7. The third-order valence-electron chi connectivity index (χ3n) is 6.78. The fourth-order valence-electron chi connectivity index (χ4n) is 4.98. The Balaban J connectivity index is 1.67. The molecule has 198 valence electrons. The largest absolute Gasteiger partial charge is 0.379 e. The lowest BCUT2D eigenvalue weighted by molar-refractivity contribution is 0.0561. The first kappa shape index (κ1) is 25.6. The fourth-order valence-corrected chi connectivity index (χ4v) is 5.42. The molecule has 2 saturated heterocycles. The number of hydrogen-bond acceptors (Lipinski definition) is 8. The lowest BCUT2D eigenvalue weighted by atomic mass is 9.97. The Hall–Kier alpha value is -3.02. The molecule has 2 aromatic heterocycles. The lowest BCUT2D eigenvalue weighted by Crippen LogP contribution is -2.36. The van der Waals surface area contributed by atoms with Crippen LogP contribution in [0.3, 0.4) is 0 Å². The summed E-state index contributed by atoms with van der Waals surface area (Å²) in [6.45, 7) is 8.46. The number of fused-ring (bicyclic) bond motifs is 1. The van der Waals surface area contributed by atoms with Crippen LogP contribution >= 0.6 is 0 Å². The molecular formula is C26H33N5O5S. The summed E-state index contributed by atoms with van der Waals surface area (Å²) in [7, 11) is -3.76. The second kappa shape index (κ2) is 10.4. The van der Waals surface area contributed by atoms with Crippen LogP contribution in [0.1, 0.15) is 54.8 Å². The van der Waals surface area contributed by atoms with Crippen molar-refractivity contribution in [3.8, 4) is 11.1 Å². The molecule has 0 spiro atoms. The van der Waals surface area contributed by atoms with Gasteiger partial charge in [-0.3, -0.25) is 4.79 Å². The molecule has 37 heavy (non-hydrogen) atoms. The molecule has 0 radical (unpaired) electrons. The number of nitrogens with zero attached hydrogens (tertiary/aromatic N) is 4. The summed E-state index contributed by atoms with van der Waals surface area (Å²) in [6.07, 6.45) is 2.75. The van der Waals surface area contributed by atoms with E-state index in [1.807, 2.05) is 16.8 Å². The van der Waals surface area contributed by atoms with E-state index >= 15 is 0 Å². The van der Waals surface area contributed by atoms with Crippen LogP contribution in [-0.2, 0) is 19.5 Å². The van der Waals surface area contributed by atoms with Crippen LogP contribution in [0, 0.1) is 0 Å². The average Bonchev–Trinajstić information content (AvgIpc) is 3.28. The molecule has 0 aliphatic carbocycles. The van der Waals surface area contributed by atoms with E-state index in [-0.39, 0.29) is 17.7 Å². The van der Waals surface area contributed by atoms with Gasteiger partial charge in [0, 0.05) is 25.4 Å². The van der Waals surface area contributed by atoms with Crippen molar-refractivity contribution in [2.24, 2.45) is 0 Å². The molecule has 3 aromatic rings. The van der Waals surface area contributed by atoms with E-state index in [4.69, 9.17) is 14.6 Å². The van der Waals surface area contributed by atoms with Gasteiger partial charge in [0.1, 0.15) is 5.69 Å². The first-order chi connectivity index (χ1) is 17.7. The molecule has 5 rings (SSSR count). The molecular weight excluding hydrogens is 494 g/mol. The zero-order valence-electron chi connectivity index (χ0n) is 21.4. The van der Waals surface area contributed by atoms with Gasteiger partial charge in [-0.25, -0.2) is 22.8 Å². The number of rotatable bonds is 6. The Kier molecular flexibility index (Phi) is 7.19. The van der Waals surface area contributed by atoms with E-state index in [0.29, 0.717) is 32.1 Å². The topological polar surface area (TPSA) is 116 Å². The van der Waals surface area contributed by atoms with Gasteiger partial charge in [-0.1, -0.05) is 26.0 Å². The number of amides is 1. The Morgan fingerprint density at radius 2 is 1.84 bits per heavy atom. The molecule has 2 fully saturated rings. The fraction of sp³-hybridized carbons (Fsp3) is 0.500. The minimum absolute atomic E-state index is 0.0129. The standard InChI is InChI=1S/C26H33N5O5S/c1-17(2)24-23-21(18-6-8-19(9-7-18)30-10-13-35-14-11-30)15-22(26(32)29-37(3,33)34)27-25(23)31(28-24)20-5-4-12-36-16-20/h6-9,15,17,20H,4-5,10-14,16H2,1-3H3,(H,29,32). The van der Waals surface area contributed by atoms with Gasteiger partial charge in [0.05, 0.1) is 43.2 Å². The highest BCUT2D eigenvalue weighted by Crippen LogP contribution is 2.37. The predicted molar refractivity (Wildman–Crippen MR) is 141 cm³/mol. The molecule has 0 saturated carbocycles. The number of carbonyl (C=O) groups excluding carboxylic acids is 1. The van der Waals surface area contributed by atoms with Crippen LogP contribution < -0.4 is 9.62 Å². The van der Waals surface area contributed by atoms with Crippen LogP contribution in [0.25, 0.3) is 22.2 Å². The third kappa shape index (κ3) is 5.48. The maximum absolute atomic E-state index is 13.0. The van der Waals surface area contributed by atoms with Crippen molar-refractivity contribution >= 4 is 32.7 Å². The summed E-state index contributed by atoms with van der Waals surface area (Å²) in [5.74, 6) is -0.661. The van der Waals surface area contributed by atoms with Gasteiger partial charge in [-0.05, 0) is 48.1 Å². The number of sulfonamides is 1. The Morgan fingerprint density at radius 3 is 2.46 bits per heavy atom. The minimum atomic E-state index is -3.76. The van der Waals surface area contributed by atoms with Gasteiger partial charge in [-0.2, -0.15) is 5.10 Å². The number of nitrogens with one attached hydrogen (secondary N) is 1. The maximum Gasteiger partial charge on any atom is 0.283 e. The SMILES string of the molecule is CC(C)c1nn(C2CCCOC2)c2nc(C(=O)NS(C)(=O)=O)cc(-c3ccc(N4CCOCC4)cc3)c12. The lowest BCUT2D eigenvalue weighted by Gasteiger charge is -2.29. The molecule has 1 atom stereocenters. The minimum Gasteiger partial charge on any atom is -0.379 e. The number of anilines is 1. The summed E-state index contributed by atoms with van der Waals surface area (Å²) < 4.78 is 38.8. The van der Waals surface area contributed by atoms with Crippen molar-refractivity contribution in [2.75, 3.05) is 50.7 Å². The predicted octanol–water partition coefficient (Wildman–Crippen LogP) is 3.10. The van der Waals surface area contributed by atoms with E-state index in [1.165, 1.54) is 0 Å². The van der Waals surface area contributed by atoms with Crippen LogP contribution in [0.4, 0.5) is 5.69 Å². The van der Waals surface area contributed by atoms with E-state index in [9.17, 15) is 13.2 Å². The average molecular weight is 528 g/mol. The first-order valence-corrected chi connectivity index (χ1v) is 14.6. The number of aromatic nitrogens is 3. The summed E-state index contributed by atoms with van der Waals surface area (Å²) in [5, 5.41) is 5.84. The van der Waals surface area contributed by atoms with Crippen molar-refractivity contribution in [3.05, 3.63) is 41.7 Å². The van der Waals surface area contributed by atoms with Gasteiger partial charge >= 0.3 is 0 Å². The molecule has 4 heterocycles. The van der Waals surface area contributed by atoms with Gasteiger partial charge in [0.2, 0.25) is 10.0 Å². The molecule has 1 amide bonds. The van der Waals surface area contributed by atoms with Crippen LogP contribution in [0.15, 0.2) is 30.3 Å². The molecule has 1 aromatic carbocycles. The highest BCUT2D eigenvalue weighted by molar-refractivity contribution is 7.89. The molecule has 10 nitrogen and oxygen atoms in total. The number of carbonyl (C=O) groups is 1. The second-order valence-electron chi connectivity index (χ2n) is 9.96. The summed E-state index contributed by atoms with van der Waals surface area (Å²) in [4.78, 5) is 19.9. The molecule has 2 aliphatic rings. The number of morpholine rings is 1. The van der Waals surface area contributed by atoms with Crippen molar-refractivity contribution in [1.82, 2.24) is 19.5 Å². The highest BCUT2D eigenvalue weighted by atomic mass is 32.2. The number of hydrogen-bond donors (Lipinski definition) is 1. The quantitative estimate of drug-likeness (QED) is 0.520. The summed E-state index contributed by atoms with van der Waals surface area (Å²) in [5.41, 5.74) is 4.27. The normalized spacial score (nSPS) is 18.9. The molecule has 1 N–H and O–H groups in total. The Morgan fingerprint density at radius 1 is 1.11 bits per heavy atom. The molecule has 2 aliphatic heterocycles. The van der Waals surface area contributed by atoms with Crippen LogP contribution in [0.5, 0.6) is 0 Å². The zero-order chi connectivity index (χ0) is 26.2. The second-order valence-corrected chi connectivity index (χ2v) is 11.7. The molecule has 11 heteroatoms. The third-order valence-corrected chi connectivity index (χ3v) is 7.34. The van der Waals surface area contributed by atoms with E-state index in [0.717, 1.165) is 60.1 Å². The van der Waals surface area contributed by atoms with Crippen molar-refractivity contribution in [3.63, 3.8) is 0 Å². The highest BCUT2D eigenvalue weighted by Gasteiger charge is 2.27. The Labute approximate surface area is 217 Å². The molecule has 1 unspecified atom stereocenters. The van der Waals surface area contributed by atoms with Gasteiger partial charge < -0.3 is 14.4 Å². The molecule has 0 bridgehead atoms. The summed E-state index contributed by atoms with van der Waals surface area (Å²) >= 11 is 0. The van der Waals surface area contributed by atoms with E-state index in [2.05, 4.69) is 40.6 Å². The van der Waals surface area contributed by atoms with E-state index in [1.54, 1.807) is 6.07 Å². The van der Waals surface area contributed by atoms with Crippen LogP contribution in [0.2, 0.25) is 0 Å². The maximum atomic E-state index is 13.0. The number of pyridine rings is 1. The van der Waals surface area contributed by atoms with Crippen molar-refractivity contribution in [1.29, 1.82) is 0 Å². The Bertz CT molecular complexity index is 1390. The van der Waals surface area contributed by atoms with E-state index < -0.39 is 15.9 Å². The van der Waals surface area contributed by atoms with Gasteiger partial charge in [0.25, 0.3) is 5.91 Å².